The molecule has 0 aromatic rings. The van der Waals surface area contributed by atoms with E-state index in [1.807, 2.05) is 11.1 Å². The molecule has 0 saturated heterocycles. The van der Waals surface area contributed by atoms with Crippen LogP contribution in [0.5, 0.6) is 0 Å². The molecule has 10 aliphatic rings. The molecule has 1 heteroatoms. The number of rotatable bonds is 6. The van der Waals surface area contributed by atoms with Crippen LogP contribution in [-0.4, -0.2) is 18.5 Å². The SMILES string of the molecule is CC1(C)[C@@H]2CC=C(CP(CC3=CC[C@H]4C[C@@H]3C4(C)C)CC34CC5CC(CC(C5)C3)C4)[C@H]1C2. The fourth-order valence-corrected chi connectivity index (χ4v) is 14.4. The van der Waals surface area contributed by atoms with Gasteiger partial charge in [-0.2, -0.15) is 0 Å². The Morgan fingerprint density at radius 1 is 0.688 bits per heavy atom. The molecule has 0 spiro atoms. The van der Waals surface area contributed by atoms with Gasteiger partial charge < -0.3 is 0 Å². The average Bonchev–Trinajstić information content (AvgIpc) is 2.72. The zero-order valence-electron chi connectivity index (χ0n) is 21.3. The summed E-state index contributed by atoms with van der Waals surface area (Å²) in [4.78, 5) is 0. The average molecular weight is 451 g/mol. The third-order valence-corrected chi connectivity index (χ3v) is 15.4. The summed E-state index contributed by atoms with van der Waals surface area (Å²) in [6.45, 7) is 10.3. The zero-order valence-corrected chi connectivity index (χ0v) is 22.2. The third-order valence-electron chi connectivity index (χ3n) is 12.7. The lowest BCUT2D eigenvalue weighted by Gasteiger charge is -2.59. The molecule has 0 radical (unpaired) electrons. The van der Waals surface area contributed by atoms with Gasteiger partial charge in [0.25, 0.3) is 0 Å². The topological polar surface area (TPSA) is 0 Å². The van der Waals surface area contributed by atoms with Crippen LogP contribution in [0.15, 0.2) is 23.3 Å². The molecule has 10 rings (SSSR count). The van der Waals surface area contributed by atoms with Gasteiger partial charge in [-0.3, -0.25) is 0 Å². The van der Waals surface area contributed by atoms with Crippen molar-refractivity contribution in [1.82, 2.24) is 0 Å². The van der Waals surface area contributed by atoms with Gasteiger partial charge in [0.2, 0.25) is 0 Å². The molecule has 8 bridgehead atoms. The van der Waals surface area contributed by atoms with Crippen LogP contribution in [0.2, 0.25) is 0 Å². The Labute approximate surface area is 199 Å². The van der Waals surface area contributed by atoms with E-state index in [0.29, 0.717) is 10.8 Å². The molecule has 10 aliphatic carbocycles. The summed E-state index contributed by atoms with van der Waals surface area (Å²) in [5, 5.41) is 0. The number of hydrogen-bond acceptors (Lipinski definition) is 0. The Hall–Kier alpha value is -0.0900. The maximum atomic E-state index is 2.75. The highest BCUT2D eigenvalue weighted by Gasteiger charge is 2.55. The molecule has 0 aromatic heterocycles. The highest BCUT2D eigenvalue weighted by atomic mass is 31.1. The van der Waals surface area contributed by atoms with Gasteiger partial charge >= 0.3 is 0 Å². The molecule has 0 nitrogen and oxygen atoms in total. The van der Waals surface area contributed by atoms with Crippen LogP contribution in [0.4, 0.5) is 0 Å². The summed E-state index contributed by atoms with van der Waals surface area (Å²) in [7, 11) is 0.109. The second-order valence-corrected chi connectivity index (χ2v) is 17.5. The highest BCUT2D eigenvalue weighted by molar-refractivity contribution is 7.58. The summed E-state index contributed by atoms with van der Waals surface area (Å²) < 4.78 is 0. The lowest BCUT2D eigenvalue weighted by atomic mass is 9.49. The summed E-state index contributed by atoms with van der Waals surface area (Å²) >= 11 is 0. The molecule has 32 heavy (non-hydrogen) atoms. The van der Waals surface area contributed by atoms with E-state index in [1.165, 1.54) is 38.0 Å². The van der Waals surface area contributed by atoms with Gasteiger partial charge in [0.05, 0.1) is 0 Å². The van der Waals surface area contributed by atoms with Crippen LogP contribution in [-0.2, 0) is 0 Å². The molecule has 0 aliphatic heterocycles. The van der Waals surface area contributed by atoms with Gasteiger partial charge in [-0.05, 0) is 140 Å². The largest absolute Gasteiger partial charge is 0.0978 e. The maximum Gasteiger partial charge on any atom is -0.0108 e. The molecule has 0 N–H and O–H groups in total. The Morgan fingerprint density at radius 3 is 1.50 bits per heavy atom. The molecule has 6 saturated carbocycles. The van der Waals surface area contributed by atoms with E-state index in [4.69, 9.17) is 0 Å². The van der Waals surface area contributed by atoms with Crippen LogP contribution in [0, 0.1) is 57.7 Å². The molecule has 0 amide bonds. The fourth-order valence-electron chi connectivity index (χ4n) is 11.0. The van der Waals surface area contributed by atoms with Crippen molar-refractivity contribution in [2.75, 3.05) is 18.5 Å². The molecule has 5 atom stereocenters. The van der Waals surface area contributed by atoms with Gasteiger partial charge in [0.1, 0.15) is 0 Å². The molecular weight excluding hydrogens is 403 g/mol. The summed E-state index contributed by atoms with van der Waals surface area (Å²) in [5.41, 5.74) is 5.81. The van der Waals surface area contributed by atoms with Crippen molar-refractivity contribution in [1.29, 1.82) is 0 Å². The van der Waals surface area contributed by atoms with Crippen molar-refractivity contribution >= 4 is 7.92 Å². The van der Waals surface area contributed by atoms with E-state index in [1.54, 1.807) is 44.7 Å². The summed E-state index contributed by atoms with van der Waals surface area (Å²) in [6, 6.07) is 0. The van der Waals surface area contributed by atoms with Gasteiger partial charge in [-0.1, -0.05) is 58.9 Å². The predicted molar refractivity (Wildman–Crippen MR) is 138 cm³/mol. The van der Waals surface area contributed by atoms with Crippen molar-refractivity contribution in [2.45, 2.75) is 91.9 Å². The van der Waals surface area contributed by atoms with Crippen LogP contribution >= 0.6 is 7.92 Å². The minimum Gasteiger partial charge on any atom is -0.0978 e. The molecule has 1 unspecified atom stereocenters. The van der Waals surface area contributed by atoms with Crippen LogP contribution < -0.4 is 0 Å². The first-order valence-corrected chi connectivity index (χ1v) is 16.2. The Morgan fingerprint density at radius 2 is 1.12 bits per heavy atom. The molecule has 0 heterocycles. The second-order valence-electron chi connectivity index (χ2n) is 15.2. The number of hydrogen-bond donors (Lipinski definition) is 0. The zero-order chi connectivity index (χ0) is 21.9. The normalized spacial score (nSPS) is 49.6. The molecule has 0 aromatic carbocycles. The van der Waals surface area contributed by atoms with E-state index < -0.39 is 0 Å². The Bertz CT molecular complexity index is 772. The monoisotopic (exact) mass is 450 g/mol. The Balaban J connectivity index is 1.14. The quantitative estimate of drug-likeness (QED) is 0.280. The number of fused-ring (bicyclic) bond motifs is 2. The maximum absolute atomic E-state index is 2.75. The highest BCUT2D eigenvalue weighted by Crippen LogP contribution is 2.67. The lowest BCUT2D eigenvalue weighted by Crippen LogP contribution is -2.50. The van der Waals surface area contributed by atoms with E-state index in [-0.39, 0.29) is 7.92 Å². The minimum absolute atomic E-state index is 0.109. The van der Waals surface area contributed by atoms with E-state index in [2.05, 4.69) is 39.8 Å². The molecule has 6 fully saturated rings. The van der Waals surface area contributed by atoms with Crippen LogP contribution in [0.1, 0.15) is 91.9 Å². The third kappa shape index (κ3) is 3.09. The van der Waals surface area contributed by atoms with Crippen LogP contribution in [0.3, 0.4) is 0 Å². The molecular formula is C31H47P. The van der Waals surface area contributed by atoms with Crippen molar-refractivity contribution in [2.24, 2.45) is 57.7 Å². The summed E-state index contributed by atoms with van der Waals surface area (Å²) in [6.07, 6.45) is 25.6. The second kappa shape index (κ2) is 6.99. The standard InChI is InChI=1S/C31H47P/c1-29(2)25-7-5-23(27(29)12-25)17-32(18-24-6-8-26-13-28(24)30(26,3)4)19-31-14-20-9-21(15-31)11-22(10-20)16-31/h5-6,20-22,25-28H,7-19H2,1-4H3/t20?,21?,22?,25-,26+,27-,28+,31?,32?. The molecule has 176 valence electrons. The number of allylic oxidation sites excluding steroid dienone is 4. The van der Waals surface area contributed by atoms with Crippen molar-refractivity contribution in [3.63, 3.8) is 0 Å². The first-order valence-electron chi connectivity index (χ1n) is 14.3. The first kappa shape index (κ1) is 21.2. The van der Waals surface area contributed by atoms with Crippen LogP contribution in [0.25, 0.3) is 0 Å². The van der Waals surface area contributed by atoms with Crippen molar-refractivity contribution in [3.8, 4) is 0 Å². The van der Waals surface area contributed by atoms with E-state index in [0.717, 1.165) is 46.8 Å². The minimum atomic E-state index is 0.109. The smallest absolute Gasteiger partial charge is 0.0108 e. The lowest BCUT2D eigenvalue weighted by molar-refractivity contribution is -0.0388. The van der Waals surface area contributed by atoms with E-state index in [9.17, 15) is 0 Å². The van der Waals surface area contributed by atoms with Gasteiger partial charge in [0, 0.05) is 0 Å². The Kier molecular flexibility index (Phi) is 4.63. The van der Waals surface area contributed by atoms with Gasteiger partial charge in [0.15, 0.2) is 0 Å². The first-order chi connectivity index (χ1) is 15.2. The van der Waals surface area contributed by atoms with Crippen molar-refractivity contribution in [3.05, 3.63) is 23.3 Å². The van der Waals surface area contributed by atoms with Gasteiger partial charge in [-0.25, -0.2) is 0 Å². The van der Waals surface area contributed by atoms with E-state index >= 15 is 0 Å². The van der Waals surface area contributed by atoms with Gasteiger partial charge in [-0.15, -0.1) is 0 Å². The summed E-state index contributed by atoms with van der Waals surface area (Å²) in [5.74, 6) is 7.15. The van der Waals surface area contributed by atoms with Crippen molar-refractivity contribution < 1.29 is 0 Å². The predicted octanol–water partition coefficient (Wildman–Crippen LogP) is 8.67. The fraction of sp³-hybridized carbons (Fsp3) is 0.871.